The van der Waals surface area contributed by atoms with E-state index in [9.17, 15) is 0 Å². The molecule has 0 aliphatic carbocycles. The summed E-state index contributed by atoms with van der Waals surface area (Å²) in [6.07, 6.45) is 1.31. The Balaban J connectivity index is 2.00. The van der Waals surface area contributed by atoms with Crippen LogP contribution in [0.15, 0.2) is 24.3 Å². The van der Waals surface area contributed by atoms with Crippen LogP contribution in [0.5, 0.6) is 0 Å². The quantitative estimate of drug-likeness (QED) is 0.876. The van der Waals surface area contributed by atoms with E-state index in [-0.39, 0.29) is 11.6 Å². The average Bonchev–Trinajstić information content (AvgIpc) is 2.59. The average molecular weight is 240 g/mol. The van der Waals surface area contributed by atoms with Gasteiger partial charge in [-0.1, -0.05) is 29.8 Å². The molecule has 0 bridgehead atoms. The fourth-order valence-corrected chi connectivity index (χ4v) is 2.21. The summed E-state index contributed by atoms with van der Waals surface area (Å²) in [6, 6.07) is 7.95. The van der Waals surface area contributed by atoms with Gasteiger partial charge in [-0.25, -0.2) is 0 Å². The van der Waals surface area contributed by atoms with Crippen LogP contribution < -0.4 is 5.32 Å². The Morgan fingerprint density at radius 3 is 2.88 bits per heavy atom. The van der Waals surface area contributed by atoms with Crippen LogP contribution >= 0.6 is 11.6 Å². The highest BCUT2D eigenvalue weighted by Crippen LogP contribution is 2.26. The van der Waals surface area contributed by atoms with Crippen molar-refractivity contribution in [2.45, 2.75) is 38.5 Å². The van der Waals surface area contributed by atoms with Crippen LogP contribution in [0, 0.1) is 0 Å². The Bertz CT molecular complexity index is 369. The van der Waals surface area contributed by atoms with E-state index in [0.717, 1.165) is 30.2 Å². The number of hydrogen-bond donors (Lipinski definition) is 1. The zero-order valence-corrected chi connectivity index (χ0v) is 10.6. The molecule has 88 valence electrons. The summed E-state index contributed by atoms with van der Waals surface area (Å²) < 4.78 is 5.59. The topological polar surface area (TPSA) is 21.3 Å². The van der Waals surface area contributed by atoms with Gasteiger partial charge < -0.3 is 10.1 Å². The minimum Gasteiger partial charge on any atom is -0.377 e. The molecule has 0 amide bonds. The Kier molecular flexibility index (Phi) is 3.53. The number of rotatable bonds is 3. The lowest BCUT2D eigenvalue weighted by Gasteiger charge is -2.29. The van der Waals surface area contributed by atoms with Gasteiger partial charge in [-0.15, -0.1) is 0 Å². The molecule has 0 radical (unpaired) electrons. The highest BCUT2D eigenvalue weighted by Gasteiger charge is 2.36. The van der Waals surface area contributed by atoms with E-state index in [2.05, 4.69) is 25.2 Å². The van der Waals surface area contributed by atoms with Crippen molar-refractivity contribution < 1.29 is 4.74 Å². The largest absolute Gasteiger partial charge is 0.377 e. The van der Waals surface area contributed by atoms with Crippen LogP contribution in [0.1, 0.15) is 25.8 Å². The van der Waals surface area contributed by atoms with E-state index >= 15 is 0 Å². The molecule has 1 fully saturated rings. The summed E-state index contributed by atoms with van der Waals surface area (Å²) in [5.41, 5.74) is 1.21. The number of benzene rings is 1. The van der Waals surface area contributed by atoms with Crippen LogP contribution in [-0.2, 0) is 11.3 Å². The molecule has 2 nitrogen and oxygen atoms in total. The Morgan fingerprint density at radius 2 is 2.25 bits per heavy atom. The first-order valence-electron chi connectivity index (χ1n) is 5.72. The molecule has 1 N–H and O–H groups in total. The van der Waals surface area contributed by atoms with Gasteiger partial charge in [-0.05, 0) is 31.9 Å². The molecule has 1 aromatic rings. The molecule has 3 heteroatoms. The van der Waals surface area contributed by atoms with Crippen LogP contribution in [0.25, 0.3) is 0 Å². The zero-order chi connectivity index (χ0) is 11.6. The van der Waals surface area contributed by atoms with Crippen molar-refractivity contribution >= 4 is 11.6 Å². The van der Waals surface area contributed by atoms with Crippen LogP contribution in [-0.4, -0.2) is 18.2 Å². The van der Waals surface area contributed by atoms with Crippen LogP contribution in [0.4, 0.5) is 0 Å². The first-order chi connectivity index (χ1) is 7.62. The van der Waals surface area contributed by atoms with Gasteiger partial charge in [0.05, 0.1) is 6.10 Å². The van der Waals surface area contributed by atoms with Gasteiger partial charge in [0, 0.05) is 23.7 Å². The molecule has 2 rings (SSSR count). The molecule has 2 unspecified atom stereocenters. The lowest BCUT2D eigenvalue weighted by atomic mass is 9.94. The molecule has 0 spiro atoms. The summed E-state index contributed by atoms with van der Waals surface area (Å²) in [5.74, 6) is 0. The maximum absolute atomic E-state index is 6.12. The number of hydrogen-bond acceptors (Lipinski definition) is 2. The van der Waals surface area contributed by atoms with Gasteiger partial charge >= 0.3 is 0 Å². The Hall–Kier alpha value is -0.570. The van der Waals surface area contributed by atoms with Crippen molar-refractivity contribution in [2.75, 3.05) is 6.61 Å². The Morgan fingerprint density at radius 1 is 1.50 bits per heavy atom. The summed E-state index contributed by atoms with van der Waals surface area (Å²) in [5, 5.41) is 4.38. The second kappa shape index (κ2) is 4.74. The predicted octanol–water partition coefficient (Wildman–Crippen LogP) is 3.00. The minimum absolute atomic E-state index is 0.0686. The zero-order valence-electron chi connectivity index (χ0n) is 9.79. The lowest BCUT2D eigenvalue weighted by molar-refractivity contribution is 0.0881. The number of nitrogens with one attached hydrogen (secondary N) is 1. The van der Waals surface area contributed by atoms with E-state index < -0.39 is 0 Å². The Labute approximate surface area is 102 Å². The van der Waals surface area contributed by atoms with Gasteiger partial charge in [0.15, 0.2) is 0 Å². The van der Waals surface area contributed by atoms with Crippen molar-refractivity contribution in [2.24, 2.45) is 0 Å². The third-order valence-corrected chi connectivity index (χ3v) is 3.90. The first kappa shape index (κ1) is 11.9. The monoisotopic (exact) mass is 239 g/mol. The second-order valence-corrected chi connectivity index (χ2v) is 5.03. The van der Waals surface area contributed by atoms with E-state index in [1.54, 1.807) is 0 Å². The summed E-state index contributed by atoms with van der Waals surface area (Å²) in [4.78, 5) is 0. The molecule has 16 heavy (non-hydrogen) atoms. The van der Waals surface area contributed by atoms with E-state index in [1.807, 2.05) is 18.2 Å². The van der Waals surface area contributed by atoms with Crippen molar-refractivity contribution in [1.29, 1.82) is 0 Å². The molecular weight excluding hydrogens is 222 g/mol. The molecular formula is C13H18ClNO. The molecule has 0 saturated carbocycles. The molecule has 1 aliphatic rings. The van der Waals surface area contributed by atoms with Gasteiger partial charge in [0.1, 0.15) is 0 Å². The molecule has 1 saturated heterocycles. The van der Waals surface area contributed by atoms with Crippen molar-refractivity contribution in [3.05, 3.63) is 34.9 Å². The van der Waals surface area contributed by atoms with Crippen LogP contribution in [0.3, 0.4) is 0 Å². The third-order valence-electron chi connectivity index (χ3n) is 3.53. The first-order valence-corrected chi connectivity index (χ1v) is 6.10. The van der Waals surface area contributed by atoms with Crippen molar-refractivity contribution in [3.8, 4) is 0 Å². The van der Waals surface area contributed by atoms with E-state index in [1.165, 1.54) is 0 Å². The summed E-state index contributed by atoms with van der Waals surface area (Å²) >= 11 is 6.12. The smallest absolute Gasteiger partial charge is 0.0726 e. The van der Waals surface area contributed by atoms with E-state index in [4.69, 9.17) is 16.3 Å². The maximum Gasteiger partial charge on any atom is 0.0726 e. The highest BCUT2D eigenvalue weighted by atomic mass is 35.5. The fraction of sp³-hybridized carbons (Fsp3) is 0.538. The SMILES string of the molecule is CC1OCCC1(C)NCc1ccccc1Cl. The molecule has 1 heterocycles. The molecule has 1 aromatic carbocycles. The van der Waals surface area contributed by atoms with Gasteiger partial charge in [-0.2, -0.15) is 0 Å². The highest BCUT2D eigenvalue weighted by molar-refractivity contribution is 6.31. The predicted molar refractivity (Wildman–Crippen MR) is 66.7 cm³/mol. The number of halogens is 1. The third kappa shape index (κ3) is 2.40. The summed E-state index contributed by atoms with van der Waals surface area (Å²) in [7, 11) is 0. The second-order valence-electron chi connectivity index (χ2n) is 4.63. The van der Waals surface area contributed by atoms with Gasteiger partial charge in [0.25, 0.3) is 0 Å². The number of ether oxygens (including phenoxy) is 1. The van der Waals surface area contributed by atoms with E-state index in [0.29, 0.717) is 0 Å². The standard InChI is InChI=1S/C13H18ClNO/c1-10-13(2,7-8-16-10)15-9-11-5-3-4-6-12(11)14/h3-6,10,15H,7-9H2,1-2H3. The minimum atomic E-state index is 0.0686. The fourth-order valence-electron chi connectivity index (χ4n) is 2.01. The molecule has 1 aliphatic heterocycles. The van der Waals surface area contributed by atoms with Crippen molar-refractivity contribution in [1.82, 2.24) is 5.32 Å². The van der Waals surface area contributed by atoms with Gasteiger partial charge in [0.2, 0.25) is 0 Å². The lowest BCUT2D eigenvalue weighted by Crippen LogP contribution is -2.47. The summed E-state index contributed by atoms with van der Waals surface area (Å²) in [6.45, 7) is 5.96. The molecule has 2 atom stereocenters. The van der Waals surface area contributed by atoms with Crippen LogP contribution in [0.2, 0.25) is 5.02 Å². The van der Waals surface area contributed by atoms with Crippen molar-refractivity contribution in [3.63, 3.8) is 0 Å². The van der Waals surface area contributed by atoms with Gasteiger partial charge in [-0.3, -0.25) is 0 Å². The maximum atomic E-state index is 6.12. The normalized spacial score (nSPS) is 29.6. The molecule has 0 aromatic heterocycles.